The molecule has 1 aromatic heterocycles. The van der Waals surface area contributed by atoms with Gasteiger partial charge >= 0.3 is 6.01 Å². The van der Waals surface area contributed by atoms with E-state index in [-0.39, 0.29) is 5.41 Å². The number of nitrogens with zero attached hydrogens (tertiary/aromatic N) is 2. The van der Waals surface area contributed by atoms with Crippen LogP contribution < -0.4 is 4.74 Å². The largest absolute Gasteiger partial charge is 0.464 e. The fourth-order valence-corrected chi connectivity index (χ4v) is 1.26. The van der Waals surface area contributed by atoms with Crippen molar-refractivity contribution in [2.45, 2.75) is 33.1 Å². The molecule has 4 heteroatoms. The van der Waals surface area contributed by atoms with Crippen molar-refractivity contribution in [2.75, 3.05) is 6.61 Å². The molecule has 0 unspecified atom stereocenters. The second-order valence-electron chi connectivity index (χ2n) is 4.26. The lowest BCUT2D eigenvalue weighted by Crippen LogP contribution is -2.17. The van der Waals surface area contributed by atoms with E-state index in [0.717, 1.165) is 12.0 Å². The van der Waals surface area contributed by atoms with Crippen LogP contribution in [-0.2, 0) is 5.41 Å². The molecular weight excluding hydrogens is 192 g/mol. The summed E-state index contributed by atoms with van der Waals surface area (Å²) in [5.41, 5.74) is 1.05. The lowest BCUT2D eigenvalue weighted by molar-refractivity contribution is 0.112. The Balaban J connectivity index is 3.19. The highest BCUT2D eigenvalue weighted by Gasteiger charge is 2.21. The average molecular weight is 208 g/mol. The fraction of sp³-hybridized carbons (Fsp3) is 0.545. The van der Waals surface area contributed by atoms with Crippen LogP contribution in [0.15, 0.2) is 6.20 Å². The molecule has 0 amide bonds. The van der Waals surface area contributed by atoms with Gasteiger partial charge in [-0.1, -0.05) is 20.8 Å². The zero-order chi connectivity index (χ0) is 11.5. The lowest BCUT2D eigenvalue weighted by Gasteiger charge is -2.19. The van der Waals surface area contributed by atoms with Crippen LogP contribution in [0.4, 0.5) is 0 Å². The van der Waals surface area contributed by atoms with Gasteiger partial charge in [0.25, 0.3) is 0 Å². The van der Waals surface area contributed by atoms with Gasteiger partial charge < -0.3 is 4.74 Å². The van der Waals surface area contributed by atoms with Gasteiger partial charge in [-0.25, -0.2) is 4.98 Å². The van der Waals surface area contributed by atoms with Gasteiger partial charge in [0, 0.05) is 11.6 Å². The standard InChI is InChI=1S/C11H16N2O2/c1-5-15-10-12-6-8(7-14)9(13-10)11(2,3)4/h6-7H,5H2,1-4H3. The van der Waals surface area contributed by atoms with Gasteiger partial charge in [-0.05, 0) is 6.92 Å². The molecule has 0 aromatic carbocycles. The second-order valence-corrected chi connectivity index (χ2v) is 4.26. The third kappa shape index (κ3) is 2.75. The van der Waals surface area contributed by atoms with Crippen LogP contribution in [0.2, 0.25) is 0 Å². The Labute approximate surface area is 89.7 Å². The smallest absolute Gasteiger partial charge is 0.316 e. The summed E-state index contributed by atoms with van der Waals surface area (Å²) in [6.07, 6.45) is 2.28. The molecule has 1 aromatic rings. The Morgan fingerprint density at radius 1 is 1.47 bits per heavy atom. The molecule has 0 saturated heterocycles. The Hall–Kier alpha value is -1.45. The molecule has 0 aliphatic carbocycles. The van der Waals surface area contributed by atoms with Gasteiger partial charge in [0.05, 0.1) is 17.9 Å². The van der Waals surface area contributed by atoms with Gasteiger partial charge in [0.2, 0.25) is 0 Å². The van der Waals surface area contributed by atoms with Crippen LogP contribution in [0, 0.1) is 0 Å². The predicted molar refractivity (Wildman–Crippen MR) is 57.3 cm³/mol. The summed E-state index contributed by atoms with van der Waals surface area (Å²) in [6.45, 7) is 8.38. The van der Waals surface area contributed by atoms with Crippen LogP contribution in [0.3, 0.4) is 0 Å². The van der Waals surface area contributed by atoms with Crippen LogP contribution in [0.25, 0.3) is 0 Å². The number of carbonyl (C=O) groups excluding carboxylic acids is 1. The monoisotopic (exact) mass is 208 g/mol. The van der Waals surface area contributed by atoms with Crippen molar-refractivity contribution in [1.29, 1.82) is 0 Å². The molecule has 0 N–H and O–H groups in total. The first-order valence-corrected chi connectivity index (χ1v) is 4.94. The number of ether oxygens (including phenoxy) is 1. The highest BCUT2D eigenvalue weighted by Crippen LogP contribution is 2.23. The summed E-state index contributed by atoms with van der Waals surface area (Å²) in [4.78, 5) is 19.0. The second kappa shape index (κ2) is 4.38. The van der Waals surface area contributed by atoms with Gasteiger partial charge in [-0.15, -0.1) is 0 Å². The molecular formula is C11H16N2O2. The molecule has 0 atom stereocenters. The highest BCUT2D eigenvalue weighted by atomic mass is 16.5. The van der Waals surface area contributed by atoms with E-state index in [1.54, 1.807) is 0 Å². The molecule has 0 fully saturated rings. The quantitative estimate of drug-likeness (QED) is 0.713. The zero-order valence-electron chi connectivity index (χ0n) is 9.57. The summed E-state index contributed by atoms with van der Waals surface area (Å²) in [6, 6.07) is 0.327. The molecule has 0 bridgehead atoms. The Morgan fingerprint density at radius 3 is 2.60 bits per heavy atom. The molecule has 1 heterocycles. The summed E-state index contributed by atoms with van der Waals surface area (Å²) >= 11 is 0. The summed E-state index contributed by atoms with van der Waals surface area (Å²) in [7, 11) is 0. The molecule has 1 rings (SSSR count). The molecule has 15 heavy (non-hydrogen) atoms. The molecule has 0 spiro atoms. The minimum atomic E-state index is -0.189. The summed E-state index contributed by atoms with van der Waals surface area (Å²) in [5.74, 6) is 0. The average Bonchev–Trinajstić information content (AvgIpc) is 2.17. The van der Waals surface area contributed by atoms with E-state index in [0.29, 0.717) is 18.2 Å². The van der Waals surface area contributed by atoms with Gasteiger partial charge in [-0.2, -0.15) is 4.98 Å². The molecule has 0 aliphatic heterocycles. The predicted octanol–water partition coefficient (Wildman–Crippen LogP) is 1.99. The minimum absolute atomic E-state index is 0.189. The van der Waals surface area contributed by atoms with Gasteiger partial charge in [0.1, 0.15) is 0 Å². The van der Waals surface area contributed by atoms with Gasteiger partial charge in [0.15, 0.2) is 6.29 Å². The summed E-state index contributed by atoms with van der Waals surface area (Å²) < 4.78 is 5.20. The van der Waals surface area contributed by atoms with E-state index >= 15 is 0 Å². The van der Waals surface area contributed by atoms with Crippen molar-refractivity contribution in [2.24, 2.45) is 0 Å². The van der Waals surface area contributed by atoms with Crippen LogP contribution in [0.1, 0.15) is 43.7 Å². The molecule has 0 radical (unpaired) electrons. The first-order chi connectivity index (χ1) is 6.99. The maximum absolute atomic E-state index is 10.8. The van der Waals surface area contributed by atoms with Crippen LogP contribution >= 0.6 is 0 Å². The Morgan fingerprint density at radius 2 is 2.13 bits per heavy atom. The Bertz CT molecular complexity index is 356. The number of hydrogen-bond acceptors (Lipinski definition) is 4. The topological polar surface area (TPSA) is 52.1 Å². The molecule has 0 saturated carbocycles. The van der Waals surface area contributed by atoms with Crippen molar-refractivity contribution >= 4 is 6.29 Å². The van der Waals surface area contributed by atoms with Crippen LogP contribution in [0.5, 0.6) is 6.01 Å². The number of rotatable bonds is 3. The first kappa shape index (κ1) is 11.6. The van der Waals surface area contributed by atoms with E-state index in [9.17, 15) is 4.79 Å². The van der Waals surface area contributed by atoms with E-state index < -0.39 is 0 Å². The molecule has 4 nitrogen and oxygen atoms in total. The number of aldehydes is 1. The molecule has 0 aliphatic rings. The van der Waals surface area contributed by atoms with Crippen molar-refractivity contribution in [3.8, 4) is 6.01 Å². The van der Waals surface area contributed by atoms with E-state index in [4.69, 9.17) is 4.74 Å². The van der Waals surface area contributed by atoms with E-state index in [1.165, 1.54) is 6.20 Å². The van der Waals surface area contributed by atoms with Crippen LogP contribution in [-0.4, -0.2) is 22.9 Å². The lowest BCUT2D eigenvalue weighted by atomic mass is 9.89. The zero-order valence-corrected chi connectivity index (χ0v) is 9.57. The van der Waals surface area contributed by atoms with Crippen molar-refractivity contribution < 1.29 is 9.53 Å². The minimum Gasteiger partial charge on any atom is -0.464 e. The summed E-state index contributed by atoms with van der Waals surface area (Å²) in [5, 5.41) is 0. The van der Waals surface area contributed by atoms with Crippen molar-refractivity contribution in [3.63, 3.8) is 0 Å². The maximum Gasteiger partial charge on any atom is 0.316 e. The molecule has 82 valence electrons. The normalized spacial score (nSPS) is 11.2. The van der Waals surface area contributed by atoms with E-state index in [2.05, 4.69) is 9.97 Å². The number of carbonyl (C=O) groups is 1. The maximum atomic E-state index is 10.8. The third-order valence-electron chi connectivity index (χ3n) is 1.91. The fourth-order valence-electron chi connectivity index (χ4n) is 1.26. The van der Waals surface area contributed by atoms with Gasteiger partial charge in [-0.3, -0.25) is 4.79 Å². The third-order valence-corrected chi connectivity index (χ3v) is 1.91. The first-order valence-electron chi connectivity index (χ1n) is 4.94. The Kier molecular flexibility index (Phi) is 3.39. The highest BCUT2D eigenvalue weighted by molar-refractivity contribution is 5.76. The van der Waals surface area contributed by atoms with Crippen molar-refractivity contribution in [3.05, 3.63) is 17.5 Å². The SMILES string of the molecule is CCOc1ncc(C=O)c(C(C)(C)C)n1. The number of aromatic nitrogens is 2. The van der Waals surface area contributed by atoms with Crippen molar-refractivity contribution in [1.82, 2.24) is 9.97 Å². The number of hydrogen-bond donors (Lipinski definition) is 0. The van der Waals surface area contributed by atoms with E-state index in [1.807, 2.05) is 27.7 Å².